The molecule has 7 nitrogen and oxygen atoms in total. The molecule has 3 rings (SSSR count). The minimum absolute atomic E-state index is 0.177. The molecule has 3 aromatic carbocycles. The van der Waals surface area contributed by atoms with Crippen LogP contribution in [0, 0.1) is 0 Å². The van der Waals surface area contributed by atoms with E-state index in [0.29, 0.717) is 27.6 Å². The predicted molar refractivity (Wildman–Crippen MR) is 122 cm³/mol. The van der Waals surface area contributed by atoms with Crippen LogP contribution >= 0.6 is 23.2 Å². The van der Waals surface area contributed by atoms with Gasteiger partial charge >= 0.3 is 5.97 Å². The van der Waals surface area contributed by atoms with Crippen molar-refractivity contribution < 1.29 is 24.2 Å². The number of para-hydroxylation sites is 1. The highest BCUT2D eigenvalue weighted by molar-refractivity contribution is 6.42. The largest absolute Gasteiger partial charge is 0.493 e. The van der Waals surface area contributed by atoms with E-state index in [1.807, 2.05) is 0 Å². The number of carboxylic acid groups (broad SMARTS) is 1. The van der Waals surface area contributed by atoms with Gasteiger partial charge in [0.15, 0.2) is 11.5 Å². The zero-order chi connectivity index (χ0) is 23.1. The van der Waals surface area contributed by atoms with Gasteiger partial charge in [-0.3, -0.25) is 4.79 Å². The summed E-state index contributed by atoms with van der Waals surface area (Å²) in [5, 5.41) is 13.6. The fourth-order valence-corrected chi connectivity index (χ4v) is 3.01. The van der Waals surface area contributed by atoms with E-state index >= 15 is 0 Å². The van der Waals surface area contributed by atoms with Gasteiger partial charge in [-0.15, -0.1) is 0 Å². The molecular weight excluding hydrogens is 455 g/mol. The molecule has 0 radical (unpaired) electrons. The molecule has 1 amide bonds. The third-order valence-corrected chi connectivity index (χ3v) is 5.10. The first-order chi connectivity index (χ1) is 15.4. The van der Waals surface area contributed by atoms with E-state index < -0.39 is 11.9 Å². The summed E-state index contributed by atoms with van der Waals surface area (Å²) < 4.78 is 11.3. The first kappa shape index (κ1) is 23.1. The van der Waals surface area contributed by atoms with Crippen LogP contribution in [0.3, 0.4) is 0 Å². The molecule has 0 aliphatic carbocycles. The zero-order valence-corrected chi connectivity index (χ0v) is 18.4. The monoisotopic (exact) mass is 472 g/mol. The predicted octanol–water partition coefficient (Wildman–Crippen LogP) is 5.04. The number of amides is 1. The van der Waals surface area contributed by atoms with Crippen LogP contribution in [0.1, 0.15) is 31.8 Å². The highest BCUT2D eigenvalue weighted by atomic mass is 35.5. The second-order valence-electron chi connectivity index (χ2n) is 6.50. The van der Waals surface area contributed by atoms with Crippen molar-refractivity contribution in [2.45, 2.75) is 6.61 Å². The van der Waals surface area contributed by atoms with Gasteiger partial charge in [0.05, 0.1) is 28.9 Å². The lowest BCUT2D eigenvalue weighted by atomic mass is 10.1. The Bertz CT molecular complexity index is 1160. The number of carbonyl (C=O) groups excluding carboxylic acids is 1. The van der Waals surface area contributed by atoms with Crippen molar-refractivity contribution in [2.75, 3.05) is 7.11 Å². The Labute approximate surface area is 194 Å². The van der Waals surface area contributed by atoms with Crippen molar-refractivity contribution >= 4 is 41.3 Å². The molecule has 0 fully saturated rings. The Kier molecular flexibility index (Phi) is 7.70. The molecule has 0 bridgehead atoms. The van der Waals surface area contributed by atoms with Crippen molar-refractivity contribution in [3.63, 3.8) is 0 Å². The highest BCUT2D eigenvalue weighted by Gasteiger charge is 2.11. The summed E-state index contributed by atoms with van der Waals surface area (Å²) >= 11 is 11.8. The minimum atomic E-state index is -0.997. The molecule has 164 valence electrons. The summed E-state index contributed by atoms with van der Waals surface area (Å²) in [6, 6.07) is 16.1. The van der Waals surface area contributed by atoms with E-state index in [9.17, 15) is 9.59 Å². The molecule has 0 heterocycles. The summed E-state index contributed by atoms with van der Waals surface area (Å²) in [7, 11) is 1.51. The fraction of sp³-hybridized carbons (Fsp3) is 0.0870. The molecule has 0 unspecified atom stereocenters. The van der Waals surface area contributed by atoms with Crippen LogP contribution in [0.5, 0.6) is 11.5 Å². The summed E-state index contributed by atoms with van der Waals surface area (Å²) in [6.45, 7) is 0.177. The fourth-order valence-electron chi connectivity index (χ4n) is 2.71. The Hall–Kier alpha value is -3.55. The number of benzene rings is 3. The standard InChI is InChI=1S/C23H18Cl2N2O5/c1-31-20-4-2-3-17(12-26-27-22(28)16-9-10-18(24)19(25)11-16)21(20)32-13-14-5-7-15(8-6-14)23(29)30/h2-12H,13H2,1H3,(H,27,28)(H,29,30)/b26-12-. The number of halogens is 2. The molecule has 0 aliphatic heterocycles. The van der Waals surface area contributed by atoms with Crippen molar-refractivity contribution in [2.24, 2.45) is 5.10 Å². The first-order valence-electron chi connectivity index (χ1n) is 9.29. The second-order valence-corrected chi connectivity index (χ2v) is 7.31. The molecule has 2 N–H and O–H groups in total. The number of hydrazone groups is 1. The Morgan fingerprint density at radius 1 is 1.03 bits per heavy atom. The number of methoxy groups -OCH3 is 1. The molecule has 0 spiro atoms. The first-order valence-corrected chi connectivity index (χ1v) is 10.0. The number of nitrogens with one attached hydrogen (secondary N) is 1. The Morgan fingerprint density at radius 3 is 2.41 bits per heavy atom. The Balaban J connectivity index is 1.73. The van der Waals surface area contributed by atoms with Gasteiger partial charge in [-0.1, -0.05) is 41.4 Å². The molecule has 3 aromatic rings. The molecular formula is C23H18Cl2N2O5. The number of ether oxygens (including phenoxy) is 2. The van der Waals surface area contributed by atoms with E-state index in [4.69, 9.17) is 37.8 Å². The van der Waals surface area contributed by atoms with Crippen LogP contribution in [-0.2, 0) is 6.61 Å². The van der Waals surface area contributed by atoms with Gasteiger partial charge < -0.3 is 14.6 Å². The van der Waals surface area contributed by atoms with E-state index in [0.717, 1.165) is 5.56 Å². The quantitative estimate of drug-likeness (QED) is 0.353. The third kappa shape index (κ3) is 5.78. The van der Waals surface area contributed by atoms with Crippen molar-refractivity contribution in [1.29, 1.82) is 0 Å². The van der Waals surface area contributed by atoms with Gasteiger partial charge in [0.25, 0.3) is 5.91 Å². The summed E-state index contributed by atoms with van der Waals surface area (Å²) in [5.41, 5.74) is 4.27. The van der Waals surface area contributed by atoms with Gasteiger partial charge in [0, 0.05) is 11.1 Å². The van der Waals surface area contributed by atoms with Crippen LogP contribution in [-0.4, -0.2) is 30.3 Å². The maximum atomic E-state index is 12.3. The number of carbonyl (C=O) groups is 2. The summed E-state index contributed by atoms with van der Waals surface area (Å²) in [6.07, 6.45) is 1.43. The van der Waals surface area contributed by atoms with Crippen molar-refractivity contribution in [3.05, 3.63) is 93.0 Å². The SMILES string of the molecule is COc1cccc(/C=N\NC(=O)c2ccc(Cl)c(Cl)c2)c1OCc1ccc(C(=O)O)cc1. The van der Waals surface area contributed by atoms with Crippen LogP contribution in [0.4, 0.5) is 0 Å². The molecule has 0 aromatic heterocycles. The van der Waals surface area contributed by atoms with E-state index in [1.165, 1.54) is 43.7 Å². The van der Waals surface area contributed by atoms with Crippen molar-refractivity contribution in [3.8, 4) is 11.5 Å². The summed E-state index contributed by atoms with van der Waals surface area (Å²) in [4.78, 5) is 23.3. The smallest absolute Gasteiger partial charge is 0.335 e. The van der Waals surface area contributed by atoms with Crippen LogP contribution in [0.25, 0.3) is 0 Å². The number of aromatic carboxylic acids is 1. The maximum Gasteiger partial charge on any atom is 0.335 e. The molecule has 0 saturated heterocycles. The lowest BCUT2D eigenvalue weighted by Gasteiger charge is -2.13. The lowest BCUT2D eigenvalue weighted by Crippen LogP contribution is -2.17. The number of carboxylic acids is 1. The maximum absolute atomic E-state index is 12.3. The number of nitrogens with zero attached hydrogens (tertiary/aromatic N) is 1. The number of rotatable bonds is 8. The normalized spacial score (nSPS) is 10.7. The van der Waals surface area contributed by atoms with E-state index in [1.54, 1.807) is 30.3 Å². The van der Waals surface area contributed by atoms with Gasteiger partial charge in [0.1, 0.15) is 6.61 Å². The van der Waals surface area contributed by atoms with Crippen molar-refractivity contribution in [1.82, 2.24) is 5.43 Å². The van der Waals surface area contributed by atoms with E-state index in [-0.39, 0.29) is 17.2 Å². The zero-order valence-electron chi connectivity index (χ0n) is 16.8. The van der Waals surface area contributed by atoms with Gasteiger partial charge in [-0.2, -0.15) is 5.10 Å². The van der Waals surface area contributed by atoms with Crippen LogP contribution < -0.4 is 14.9 Å². The van der Waals surface area contributed by atoms with Crippen LogP contribution in [0.15, 0.2) is 65.8 Å². The third-order valence-electron chi connectivity index (χ3n) is 4.36. The molecule has 9 heteroatoms. The number of hydrogen-bond donors (Lipinski definition) is 2. The van der Waals surface area contributed by atoms with Gasteiger partial charge in [-0.25, -0.2) is 10.2 Å². The van der Waals surface area contributed by atoms with Gasteiger partial charge in [-0.05, 0) is 48.0 Å². The Morgan fingerprint density at radius 2 is 1.75 bits per heavy atom. The highest BCUT2D eigenvalue weighted by Crippen LogP contribution is 2.31. The van der Waals surface area contributed by atoms with Gasteiger partial charge in [0.2, 0.25) is 0 Å². The van der Waals surface area contributed by atoms with E-state index in [2.05, 4.69) is 10.5 Å². The second kappa shape index (κ2) is 10.7. The molecule has 0 atom stereocenters. The molecule has 0 aliphatic rings. The minimum Gasteiger partial charge on any atom is -0.493 e. The summed E-state index contributed by atoms with van der Waals surface area (Å²) in [5.74, 6) is -0.552. The average Bonchev–Trinajstić information content (AvgIpc) is 2.79. The van der Waals surface area contributed by atoms with Crippen LogP contribution in [0.2, 0.25) is 10.0 Å². The molecule has 0 saturated carbocycles. The average molecular weight is 473 g/mol. The lowest BCUT2D eigenvalue weighted by molar-refractivity contribution is 0.0696. The molecule has 32 heavy (non-hydrogen) atoms. The topological polar surface area (TPSA) is 97.2 Å². The number of hydrogen-bond acceptors (Lipinski definition) is 5.